The van der Waals surface area contributed by atoms with Crippen LogP contribution in [0.1, 0.15) is 41.0 Å². The summed E-state index contributed by atoms with van der Waals surface area (Å²) in [5, 5.41) is 19.8. The number of nitrogens with zero attached hydrogens (tertiary/aromatic N) is 4. The van der Waals surface area contributed by atoms with Gasteiger partial charge in [0.2, 0.25) is 0 Å². The highest BCUT2D eigenvalue weighted by Crippen LogP contribution is 2.30. The highest BCUT2D eigenvalue weighted by atomic mass is 16.5. The number of rotatable bonds is 6. The molecular weight excluding hydrogens is 380 g/mol. The second kappa shape index (κ2) is 8.43. The molecule has 3 heterocycles. The van der Waals surface area contributed by atoms with Crippen molar-refractivity contribution in [1.29, 1.82) is 5.26 Å². The monoisotopic (exact) mass is 402 g/mol. The Labute approximate surface area is 174 Å². The number of carbonyl (C=O) groups is 1. The average molecular weight is 402 g/mol. The van der Waals surface area contributed by atoms with E-state index in [0.717, 1.165) is 19.4 Å². The van der Waals surface area contributed by atoms with E-state index in [-0.39, 0.29) is 5.78 Å². The zero-order chi connectivity index (χ0) is 21.0. The van der Waals surface area contributed by atoms with Crippen LogP contribution >= 0.6 is 0 Å². The summed E-state index contributed by atoms with van der Waals surface area (Å²) in [6.45, 7) is 2.79. The molecule has 0 radical (unpaired) electrons. The SMILES string of the molecule is Cc1noc(-c2ccccc2C(=O)[C@@]2(CNc3ncccc3C#N)CCCCN2)n1. The third-order valence-corrected chi connectivity index (χ3v) is 5.34. The minimum absolute atomic E-state index is 0.0457. The molecule has 2 N–H and O–H groups in total. The minimum atomic E-state index is -0.826. The number of aryl methyl sites for hydroxylation is 1. The van der Waals surface area contributed by atoms with E-state index in [2.05, 4.69) is 31.8 Å². The molecule has 0 spiro atoms. The van der Waals surface area contributed by atoms with E-state index >= 15 is 0 Å². The summed E-state index contributed by atoms with van der Waals surface area (Å²) in [5.41, 5.74) is 0.759. The molecule has 4 rings (SSSR count). The van der Waals surface area contributed by atoms with Gasteiger partial charge in [-0.3, -0.25) is 4.79 Å². The van der Waals surface area contributed by atoms with Gasteiger partial charge in [0.1, 0.15) is 11.9 Å². The van der Waals surface area contributed by atoms with Crippen molar-refractivity contribution in [3.05, 3.63) is 59.5 Å². The van der Waals surface area contributed by atoms with Crippen molar-refractivity contribution in [3.8, 4) is 17.5 Å². The van der Waals surface area contributed by atoms with Crippen LogP contribution in [-0.2, 0) is 0 Å². The van der Waals surface area contributed by atoms with Crippen LogP contribution in [0.5, 0.6) is 0 Å². The Morgan fingerprint density at radius 3 is 2.90 bits per heavy atom. The van der Waals surface area contributed by atoms with Crippen LogP contribution in [-0.4, -0.2) is 39.5 Å². The first kappa shape index (κ1) is 19.7. The number of pyridine rings is 1. The van der Waals surface area contributed by atoms with Gasteiger partial charge in [0.05, 0.1) is 16.7 Å². The molecule has 8 nitrogen and oxygen atoms in total. The van der Waals surface area contributed by atoms with Gasteiger partial charge in [-0.25, -0.2) is 4.98 Å². The summed E-state index contributed by atoms with van der Waals surface area (Å²) in [6.07, 6.45) is 4.23. The van der Waals surface area contributed by atoms with E-state index in [1.54, 1.807) is 31.3 Å². The number of anilines is 1. The molecule has 0 bridgehead atoms. The third kappa shape index (κ3) is 3.80. The number of hydrogen-bond acceptors (Lipinski definition) is 8. The smallest absolute Gasteiger partial charge is 0.258 e. The Morgan fingerprint density at radius 1 is 1.30 bits per heavy atom. The molecular formula is C22H22N6O2. The lowest BCUT2D eigenvalue weighted by atomic mass is 9.80. The van der Waals surface area contributed by atoms with E-state index in [1.807, 2.05) is 18.2 Å². The molecule has 152 valence electrons. The summed E-state index contributed by atoms with van der Waals surface area (Å²) in [4.78, 5) is 22.4. The Bertz CT molecular complexity index is 1090. The molecule has 1 fully saturated rings. The lowest BCUT2D eigenvalue weighted by Gasteiger charge is -2.37. The van der Waals surface area contributed by atoms with Gasteiger partial charge in [-0.05, 0) is 50.9 Å². The Kier molecular flexibility index (Phi) is 5.55. The van der Waals surface area contributed by atoms with E-state index in [0.29, 0.717) is 47.2 Å². The highest BCUT2D eigenvalue weighted by molar-refractivity contribution is 6.08. The van der Waals surface area contributed by atoms with Gasteiger partial charge < -0.3 is 15.2 Å². The van der Waals surface area contributed by atoms with Gasteiger partial charge in [0.25, 0.3) is 5.89 Å². The standard InChI is InChI=1S/C22H22N6O2/c1-15-27-21(30-28-15)18-9-3-2-8-17(18)19(29)22(10-4-5-12-26-22)14-25-20-16(13-23)7-6-11-24-20/h2-3,6-9,11,26H,4-5,10,12,14H2,1H3,(H,24,25)/t22-/m0/s1. The molecule has 1 aliphatic rings. The highest BCUT2D eigenvalue weighted by Gasteiger charge is 2.41. The topological polar surface area (TPSA) is 117 Å². The largest absolute Gasteiger partial charge is 0.367 e. The number of hydrogen-bond donors (Lipinski definition) is 2. The molecule has 2 aromatic heterocycles. The van der Waals surface area contributed by atoms with Gasteiger partial charge in [-0.15, -0.1) is 0 Å². The van der Waals surface area contributed by atoms with Gasteiger partial charge in [0.15, 0.2) is 11.6 Å². The minimum Gasteiger partial charge on any atom is -0.367 e. The number of Topliss-reactive ketones (excluding diaryl/α,β-unsaturated/α-hetero) is 1. The lowest BCUT2D eigenvalue weighted by molar-refractivity contribution is 0.0828. The Balaban J connectivity index is 1.68. The fourth-order valence-corrected chi connectivity index (χ4v) is 3.80. The lowest BCUT2D eigenvalue weighted by Crippen LogP contribution is -2.59. The molecule has 0 saturated carbocycles. The quantitative estimate of drug-likeness (QED) is 0.604. The van der Waals surface area contributed by atoms with Crippen molar-refractivity contribution in [3.63, 3.8) is 0 Å². The first-order chi connectivity index (χ1) is 14.6. The molecule has 1 aliphatic heterocycles. The fourth-order valence-electron chi connectivity index (χ4n) is 3.80. The van der Waals surface area contributed by atoms with Crippen LogP contribution in [0.15, 0.2) is 47.1 Å². The predicted octanol–water partition coefficient (Wildman–Crippen LogP) is 3.12. The number of aromatic nitrogens is 3. The van der Waals surface area contributed by atoms with Crippen LogP contribution in [0.3, 0.4) is 0 Å². The first-order valence-electron chi connectivity index (χ1n) is 9.91. The molecule has 1 saturated heterocycles. The summed E-state index contributed by atoms with van der Waals surface area (Å²) in [7, 11) is 0. The number of nitrogens with one attached hydrogen (secondary N) is 2. The maximum absolute atomic E-state index is 13.8. The third-order valence-electron chi connectivity index (χ3n) is 5.34. The second-order valence-corrected chi connectivity index (χ2v) is 7.35. The molecule has 0 amide bonds. The maximum atomic E-state index is 13.8. The molecule has 1 aromatic carbocycles. The number of benzene rings is 1. The van der Waals surface area contributed by atoms with Crippen LogP contribution in [0.2, 0.25) is 0 Å². The van der Waals surface area contributed by atoms with Crippen molar-refractivity contribution in [2.75, 3.05) is 18.4 Å². The summed E-state index contributed by atoms with van der Waals surface area (Å²) in [6, 6.07) is 12.8. The van der Waals surface area contributed by atoms with Crippen molar-refractivity contribution in [1.82, 2.24) is 20.4 Å². The Morgan fingerprint density at radius 2 is 2.17 bits per heavy atom. The molecule has 1 atom stereocenters. The van der Waals surface area contributed by atoms with Crippen molar-refractivity contribution in [2.45, 2.75) is 31.7 Å². The van der Waals surface area contributed by atoms with E-state index in [9.17, 15) is 10.1 Å². The molecule has 3 aromatic rings. The molecule has 8 heteroatoms. The fraction of sp³-hybridized carbons (Fsp3) is 0.318. The van der Waals surface area contributed by atoms with Gasteiger partial charge in [-0.1, -0.05) is 23.4 Å². The van der Waals surface area contributed by atoms with E-state index < -0.39 is 5.54 Å². The van der Waals surface area contributed by atoms with Crippen molar-refractivity contribution < 1.29 is 9.32 Å². The summed E-state index contributed by atoms with van der Waals surface area (Å²) >= 11 is 0. The Hall–Kier alpha value is -3.57. The molecule has 30 heavy (non-hydrogen) atoms. The zero-order valence-electron chi connectivity index (χ0n) is 16.7. The second-order valence-electron chi connectivity index (χ2n) is 7.35. The van der Waals surface area contributed by atoms with Crippen LogP contribution in [0.4, 0.5) is 5.82 Å². The summed E-state index contributed by atoms with van der Waals surface area (Å²) < 4.78 is 5.33. The van der Waals surface area contributed by atoms with Crippen molar-refractivity contribution in [2.24, 2.45) is 0 Å². The molecule has 0 aliphatic carbocycles. The number of piperidine rings is 1. The zero-order valence-corrected chi connectivity index (χ0v) is 16.7. The van der Waals surface area contributed by atoms with Crippen molar-refractivity contribution >= 4 is 11.6 Å². The number of ketones is 1. The van der Waals surface area contributed by atoms with Crippen LogP contribution in [0, 0.1) is 18.3 Å². The van der Waals surface area contributed by atoms with E-state index in [1.165, 1.54) is 0 Å². The average Bonchev–Trinajstić information content (AvgIpc) is 3.24. The summed E-state index contributed by atoms with van der Waals surface area (Å²) in [5.74, 6) is 1.27. The van der Waals surface area contributed by atoms with E-state index in [4.69, 9.17) is 4.52 Å². The van der Waals surface area contributed by atoms with Gasteiger partial charge in [0, 0.05) is 18.3 Å². The number of carbonyl (C=O) groups excluding carboxylic acids is 1. The normalized spacial score (nSPS) is 18.5. The van der Waals surface area contributed by atoms with Gasteiger partial charge >= 0.3 is 0 Å². The first-order valence-corrected chi connectivity index (χ1v) is 9.91. The maximum Gasteiger partial charge on any atom is 0.258 e. The molecule has 0 unspecified atom stereocenters. The number of nitriles is 1. The van der Waals surface area contributed by atoms with Crippen LogP contribution < -0.4 is 10.6 Å². The van der Waals surface area contributed by atoms with Crippen LogP contribution in [0.25, 0.3) is 11.5 Å². The predicted molar refractivity (Wildman–Crippen MR) is 111 cm³/mol. The van der Waals surface area contributed by atoms with Gasteiger partial charge in [-0.2, -0.15) is 10.2 Å².